The largest absolute Gasteiger partial charge is 0.491 e. The summed E-state index contributed by atoms with van der Waals surface area (Å²) < 4.78 is 5.66. The van der Waals surface area contributed by atoms with Crippen LogP contribution in [0.15, 0.2) is 24.3 Å². The minimum Gasteiger partial charge on any atom is -0.491 e. The highest BCUT2D eigenvalue weighted by molar-refractivity contribution is 5.82. The van der Waals surface area contributed by atoms with Gasteiger partial charge in [-0.15, -0.1) is 0 Å². The first kappa shape index (κ1) is 14.8. The Hall–Kier alpha value is -1.59. The Bertz CT molecular complexity index is 450. The minimum atomic E-state index is -0.0813. The van der Waals surface area contributed by atoms with E-state index >= 15 is 0 Å². The number of hydrogen-bond donors (Lipinski definition) is 2. The third kappa shape index (κ3) is 3.95. The normalized spacial score (nSPS) is 19.6. The topological polar surface area (TPSA) is 53.6 Å². The van der Waals surface area contributed by atoms with Crippen LogP contribution in [0, 0.1) is 6.92 Å². The van der Waals surface area contributed by atoms with Gasteiger partial charge < -0.3 is 15.4 Å². The molecule has 1 unspecified atom stereocenters. The van der Waals surface area contributed by atoms with Crippen LogP contribution >= 0.6 is 0 Å². The van der Waals surface area contributed by atoms with Crippen molar-refractivity contribution in [1.29, 1.82) is 0 Å². The predicted molar refractivity (Wildman–Crippen MR) is 79.0 cm³/mol. The fourth-order valence-electron chi connectivity index (χ4n) is 2.27. The van der Waals surface area contributed by atoms with Crippen LogP contribution in [-0.2, 0) is 4.79 Å². The first-order valence-corrected chi connectivity index (χ1v) is 7.05. The van der Waals surface area contributed by atoms with Gasteiger partial charge in [0.15, 0.2) is 0 Å². The average Bonchev–Trinajstić information content (AvgIpc) is 2.45. The van der Waals surface area contributed by atoms with Gasteiger partial charge in [-0.05, 0) is 25.6 Å². The summed E-state index contributed by atoms with van der Waals surface area (Å²) in [6, 6.07) is 7.80. The maximum Gasteiger partial charge on any atom is 0.238 e. The number of para-hydroxylation sites is 1. The molecular formula is C15H23N3O2. The second-order valence-electron chi connectivity index (χ2n) is 5.11. The van der Waals surface area contributed by atoms with Crippen LogP contribution in [0.2, 0.25) is 0 Å². The standard InChI is InChI=1S/C15H23N3O2/c1-12-5-3-4-6-14(12)20-10-8-17-15(19)13-11-16-7-9-18(13)2/h3-6,13,16H,7-11H2,1-2H3,(H,17,19). The van der Waals surface area contributed by atoms with E-state index < -0.39 is 0 Å². The maximum absolute atomic E-state index is 12.0. The molecule has 1 aliphatic rings. The van der Waals surface area contributed by atoms with Crippen LogP contribution in [0.4, 0.5) is 0 Å². The Kier molecular flexibility index (Phi) is 5.38. The molecule has 1 aliphatic heterocycles. The van der Waals surface area contributed by atoms with E-state index in [0.29, 0.717) is 19.7 Å². The number of hydrogen-bond acceptors (Lipinski definition) is 4. The van der Waals surface area contributed by atoms with Gasteiger partial charge in [0.2, 0.25) is 5.91 Å². The molecule has 1 amide bonds. The highest BCUT2D eigenvalue weighted by atomic mass is 16.5. The van der Waals surface area contributed by atoms with Crippen LogP contribution < -0.4 is 15.4 Å². The molecule has 2 rings (SSSR count). The number of carbonyl (C=O) groups is 1. The zero-order valence-corrected chi connectivity index (χ0v) is 12.2. The van der Waals surface area contributed by atoms with Gasteiger partial charge in [-0.25, -0.2) is 0 Å². The molecule has 1 aromatic rings. The van der Waals surface area contributed by atoms with E-state index in [9.17, 15) is 4.79 Å². The highest BCUT2D eigenvalue weighted by Gasteiger charge is 2.25. The summed E-state index contributed by atoms with van der Waals surface area (Å²) >= 11 is 0. The van der Waals surface area contributed by atoms with Crippen LogP contribution in [0.1, 0.15) is 5.56 Å². The summed E-state index contributed by atoms with van der Waals surface area (Å²) in [7, 11) is 1.98. The molecule has 1 fully saturated rings. The average molecular weight is 277 g/mol. The quantitative estimate of drug-likeness (QED) is 0.765. The fourth-order valence-corrected chi connectivity index (χ4v) is 2.27. The predicted octanol–water partition coefficient (Wildman–Crippen LogP) is 0.394. The molecule has 0 spiro atoms. The van der Waals surface area contributed by atoms with E-state index in [4.69, 9.17) is 4.74 Å². The molecule has 1 saturated heterocycles. The van der Waals surface area contributed by atoms with Crippen LogP contribution in [0.5, 0.6) is 5.75 Å². The number of piperazine rings is 1. The molecule has 1 atom stereocenters. The van der Waals surface area contributed by atoms with E-state index in [-0.39, 0.29) is 11.9 Å². The summed E-state index contributed by atoms with van der Waals surface area (Å²) in [6.45, 7) is 5.57. The second kappa shape index (κ2) is 7.26. The van der Waals surface area contributed by atoms with E-state index in [1.165, 1.54) is 0 Å². The molecule has 20 heavy (non-hydrogen) atoms. The zero-order chi connectivity index (χ0) is 14.4. The number of likely N-dealkylation sites (N-methyl/N-ethyl adjacent to an activating group) is 1. The molecule has 2 N–H and O–H groups in total. The van der Waals surface area contributed by atoms with Crippen LogP contribution in [-0.4, -0.2) is 56.7 Å². The van der Waals surface area contributed by atoms with Crippen molar-refractivity contribution in [2.24, 2.45) is 0 Å². The van der Waals surface area contributed by atoms with E-state index in [1.54, 1.807) is 0 Å². The Morgan fingerprint density at radius 3 is 3.05 bits per heavy atom. The van der Waals surface area contributed by atoms with Gasteiger partial charge in [-0.2, -0.15) is 0 Å². The molecule has 1 aromatic carbocycles. The van der Waals surface area contributed by atoms with Crippen molar-refractivity contribution in [2.45, 2.75) is 13.0 Å². The lowest BCUT2D eigenvalue weighted by Crippen LogP contribution is -2.56. The fraction of sp³-hybridized carbons (Fsp3) is 0.533. The van der Waals surface area contributed by atoms with E-state index in [1.807, 2.05) is 38.2 Å². The SMILES string of the molecule is Cc1ccccc1OCCNC(=O)C1CNCCN1C. The lowest BCUT2D eigenvalue weighted by atomic mass is 10.2. The smallest absolute Gasteiger partial charge is 0.238 e. The number of amides is 1. The number of aryl methyl sites for hydroxylation is 1. The molecule has 0 bridgehead atoms. The molecular weight excluding hydrogens is 254 g/mol. The molecule has 5 heteroatoms. The van der Waals surface area contributed by atoms with Crippen molar-refractivity contribution < 1.29 is 9.53 Å². The van der Waals surface area contributed by atoms with Crippen molar-refractivity contribution in [3.05, 3.63) is 29.8 Å². The lowest BCUT2D eigenvalue weighted by molar-refractivity contribution is -0.126. The minimum absolute atomic E-state index is 0.0630. The Morgan fingerprint density at radius 2 is 2.30 bits per heavy atom. The summed E-state index contributed by atoms with van der Waals surface area (Å²) in [4.78, 5) is 14.1. The number of nitrogens with one attached hydrogen (secondary N) is 2. The summed E-state index contributed by atoms with van der Waals surface area (Å²) in [5, 5.41) is 6.16. The van der Waals surface area contributed by atoms with Gasteiger partial charge >= 0.3 is 0 Å². The van der Waals surface area contributed by atoms with Gasteiger partial charge in [0.05, 0.1) is 6.54 Å². The maximum atomic E-state index is 12.0. The van der Waals surface area contributed by atoms with Crippen molar-refractivity contribution >= 4 is 5.91 Å². The van der Waals surface area contributed by atoms with Crippen molar-refractivity contribution in [1.82, 2.24) is 15.5 Å². The molecule has 1 heterocycles. The Balaban J connectivity index is 1.70. The van der Waals surface area contributed by atoms with Gasteiger partial charge in [0.25, 0.3) is 0 Å². The molecule has 0 aliphatic carbocycles. The number of rotatable bonds is 5. The Morgan fingerprint density at radius 1 is 1.50 bits per heavy atom. The van der Waals surface area contributed by atoms with E-state index in [2.05, 4.69) is 15.5 Å². The van der Waals surface area contributed by atoms with Crippen LogP contribution in [0.3, 0.4) is 0 Å². The molecule has 110 valence electrons. The van der Waals surface area contributed by atoms with Crippen molar-refractivity contribution in [2.75, 3.05) is 39.8 Å². The third-order valence-corrected chi connectivity index (χ3v) is 3.57. The second-order valence-corrected chi connectivity index (χ2v) is 5.11. The third-order valence-electron chi connectivity index (χ3n) is 3.57. The van der Waals surface area contributed by atoms with Crippen molar-refractivity contribution in [3.8, 4) is 5.75 Å². The van der Waals surface area contributed by atoms with Gasteiger partial charge in [0, 0.05) is 19.6 Å². The molecule has 5 nitrogen and oxygen atoms in total. The number of ether oxygens (including phenoxy) is 1. The number of carbonyl (C=O) groups excluding carboxylic acids is 1. The van der Waals surface area contributed by atoms with Gasteiger partial charge in [-0.3, -0.25) is 9.69 Å². The van der Waals surface area contributed by atoms with Gasteiger partial charge in [-0.1, -0.05) is 18.2 Å². The first-order valence-electron chi connectivity index (χ1n) is 7.05. The number of nitrogens with zero attached hydrogens (tertiary/aromatic N) is 1. The lowest BCUT2D eigenvalue weighted by Gasteiger charge is -2.31. The number of benzene rings is 1. The Labute approximate surface area is 120 Å². The first-order chi connectivity index (χ1) is 9.68. The van der Waals surface area contributed by atoms with E-state index in [0.717, 1.165) is 24.4 Å². The molecule has 0 radical (unpaired) electrons. The van der Waals surface area contributed by atoms with Crippen molar-refractivity contribution in [3.63, 3.8) is 0 Å². The zero-order valence-electron chi connectivity index (χ0n) is 12.2. The van der Waals surface area contributed by atoms with Gasteiger partial charge in [0.1, 0.15) is 18.4 Å². The summed E-state index contributed by atoms with van der Waals surface area (Å²) in [5.41, 5.74) is 1.11. The molecule has 0 saturated carbocycles. The molecule has 0 aromatic heterocycles. The van der Waals surface area contributed by atoms with Crippen LogP contribution in [0.25, 0.3) is 0 Å². The monoisotopic (exact) mass is 277 g/mol. The summed E-state index contributed by atoms with van der Waals surface area (Å²) in [5.74, 6) is 0.936. The summed E-state index contributed by atoms with van der Waals surface area (Å²) in [6.07, 6.45) is 0. The highest BCUT2D eigenvalue weighted by Crippen LogP contribution is 2.15.